The summed E-state index contributed by atoms with van der Waals surface area (Å²) in [7, 11) is 0. The molecule has 0 atom stereocenters. The van der Waals surface area contributed by atoms with Gasteiger partial charge in [-0.3, -0.25) is 4.79 Å². The molecule has 0 unspecified atom stereocenters. The van der Waals surface area contributed by atoms with Crippen molar-refractivity contribution >= 4 is 11.8 Å². The van der Waals surface area contributed by atoms with E-state index in [-0.39, 0.29) is 11.7 Å². The van der Waals surface area contributed by atoms with Crippen molar-refractivity contribution < 1.29 is 4.74 Å². The van der Waals surface area contributed by atoms with Gasteiger partial charge in [-0.05, 0) is 44.7 Å². The van der Waals surface area contributed by atoms with Gasteiger partial charge in [-0.2, -0.15) is 0 Å². The summed E-state index contributed by atoms with van der Waals surface area (Å²) < 4.78 is 5.61. The van der Waals surface area contributed by atoms with E-state index >= 15 is 0 Å². The van der Waals surface area contributed by atoms with Crippen LogP contribution in [0.5, 0.6) is 5.75 Å². The fraction of sp³-hybridized carbons (Fsp3) is 0.375. The molecule has 0 spiro atoms. The molecular weight excluding hydrogens is 284 g/mol. The van der Waals surface area contributed by atoms with E-state index in [1.54, 1.807) is 0 Å². The summed E-state index contributed by atoms with van der Waals surface area (Å²) in [5.41, 5.74) is 2.50. The van der Waals surface area contributed by atoms with Crippen LogP contribution in [0.3, 0.4) is 0 Å². The summed E-state index contributed by atoms with van der Waals surface area (Å²) in [4.78, 5) is 19.3. The molecule has 0 saturated heterocycles. The number of hydrogen-bond donors (Lipinski definition) is 1. The van der Waals surface area contributed by atoms with Gasteiger partial charge in [0.2, 0.25) is 0 Å². The maximum Gasteiger partial charge on any atom is 0.255 e. The zero-order valence-electron chi connectivity index (χ0n) is 12.8. The Balaban J connectivity index is 2.20. The molecule has 0 aliphatic heterocycles. The molecule has 0 saturated carbocycles. The molecule has 1 aromatic heterocycles. The molecule has 112 valence electrons. The number of aromatic nitrogens is 2. The summed E-state index contributed by atoms with van der Waals surface area (Å²) >= 11 is 1.44. The number of nitrogens with zero attached hydrogens (tertiary/aromatic N) is 1. The van der Waals surface area contributed by atoms with Gasteiger partial charge < -0.3 is 9.72 Å². The predicted molar refractivity (Wildman–Crippen MR) is 86.4 cm³/mol. The number of H-pyrrole nitrogens is 1. The molecule has 0 aliphatic carbocycles. The average molecular weight is 304 g/mol. The van der Waals surface area contributed by atoms with Crippen LogP contribution in [0.25, 0.3) is 0 Å². The Hall–Kier alpha value is -1.75. The highest BCUT2D eigenvalue weighted by atomic mass is 32.2. The fourth-order valence-electron chi connectivity index (χ4n) is 2.05. The van der Waals surface area contributed by atoms with Crippen LogP contribution in [0, 0.1) is 6.92 Å². The van der Waals surface area contributed by atoms with Gasteiger partial charge in [-0.15, -0.1) is 0 Å². The molecule has 0 fully saturated rings. The standard InChI is InChI=1S/C16H20N2O2S/c1-10(2)20-13-7-5-12(6-8-13)9-14-11(3)17-16(21-4)18-15(14)19/h5-8,10H,9H2,1-4H3,(H,17,18,19). The van der Waals surface area contributed by atoms with Gasteiger partial charge in [0.1, 0.15) is 5.75 Å². The van der Waals surface area contributed by atoms with E-state index in [0.717, 1.165) is 17.0 Å². The van der Waals surface area contributed by atoms with Gasteiger partial charge in [0.05, 0.1) is 6.10 Å². The molecule has 0 bridgehead atoms. The van der Waals surface area contributed by atoms with Crippen molar-refractivity contribution in [1.82, 2.24) is 9.97 Å². The number of hydrogen-bond acceptors (Lipinski definition) is 4. The molecule has 1 heterocycles. The summed E-state index contributed by atoms with van der Waals surface area (Å²) in [6, 6.07) is 7.84. The number of benzene rings is 1. The van der Waals surface area contributed by atoms with Gasteiger partial charge in [-0.1, -0.05) is 23.9 Å². The maximum absolute atomic E-state index is 12.1. The average Bonchev–Trinajstić information content (AvgIpc) is 2.43. The summed E-state index contributed by atoms with van der Waals surface area (Å²) in [5.74, 6) is 0.843. The van der Waals surface area contributed by atoms with Gasteiger partial charge in [0.15, 0.2) is 5.16 Å². The van der Waals surface area contributed by atoms with Crippen LogP contribution in [-0.4, -0.2) is 22.3 Å². The third kappa shape index (κ3) is 4.11. The molecular formula is C16H20N2O2S. The highest BCUT2D eigenvalue weighted by Crippen LogP contribution is 2.17. The largest absolute Gasteiger partial charge is 0.491 e. The minimum atomic E-state index is -0.0608. The first kappa shape index (κ1) is 15.6. The summed E-state index contributed by atoms with van der Waals surface area (Å²) in [6.07, 6.45) is 2.62. The van der Waals surface area contributed by atoms with Crippen LogP contribution < -0.4 is 10.3 Å². The van der Waals surface area contributed by atoms with Crippen molar-refractivity contribution in [2.24, 2.45) is 0 Å². The Morgan fingerprint density at radius 2 is 1.95 bits per heavy atom. The normalized spacial score (nSPS) is 10.9. The van der Waals surface area contributed by atoms with Crippen LogP contribution in [0.1, 0.15) is 30.7 Å². The second-order valence-electron chi connectivity index (χ2n) is 5.13. The Morgan fingerprint density at radius 3 is 2.48 bits per heavy atom. The van der Waals surface area contributed by atoms with Crippen molar-refractivity contribution in [2.45, 2.75) is 38.5 Å². The van der Waals surface area contributed by atoms with Crippen molar-refractivity contribution in [3.63, 3.8) is 0 Å². The lowest BCUT2D eigenvalue weighted by Gasteiger charge is -2.10. The molecule has 4 nitrogen and oxygen atoms in total. The Labute approximate surface area is 129 Å². The number of aromatic amines is 1. The van der Waals surface area contributed by atoms with E-state index < -0.39 is 0 Å². The summed E-state index contributed by atoms with van der Waals surface area (Å²) in [5, 5.41) is 0.655. The molecule has 2 rings (SSSR count). The highest BCUT2D eigenvalue weighted by Gasteiger charge is 2.09. The van der Waals surface area contributed by atoms with Crippen LogP contribution in [0.4, 0.5) is 0 Å². The first-order valence-electron chi connectivity index (χ1n) is 6.89. The van der Waals surface area contributed by atoms with Crippen molar-refractivity contribution in [1.29, 1.82) is 0 Å². The second kappa shape index (κ2) is 6.80. The Bertz CT molecular complexity index is 663. The first-order chi connectivity index (χ1) is 9.99. The maximum atomic E-state index is 12.1. The molecule has 21 heavy (non-hydrogen) atoms. The Kier molecular flexibility index (Phi) is 5.07. The first-order valence-corrected chi connectivity index (χ1v) is 8.11. The van der Waals surface area contributed by atoms with Crippen LogP contribution in [0.2, 0.25) is 0 Å². The topological polar surface area (TPSA) is 55.0 Å². The molecule has 2 aromatic rings. The van der Waals surface area contributed by atoms with Crippen molar-refractivity contribution in [3.8, 4) is 5.75 Å². The van der Waals surface area contributed by atoms with Crippen molar-refractivity contribution in [3.05, 3.63) is 51.4 Å². The summed E-state index contributed by atoms with van der Waals surface area (Å²) in [6.45, 7) is 5.87. The molecule has 1 N–H and O–H groups in total. The van der Waals surface area contributed by atoms with Crippen LogP contribution in [-0.2, 0) is 6.42 Å². The van der Waals surface area contributed by atoms with Gasteiger partial charge in [0.25, 0.3) is 5.56 Å². The van der Waals surface area contributed by atoms with E-state index in [0.29, 0.717) is 17.1 Å². The number of rotatable bonds is 5. The minimum Gasteiger partial charge on any atom is -0.491 e. The molecule has 0 amide bonds. The monoisotopic (exact) mass is 304 g/mol. The smallest absolute Gasteiger partial charge is 0.255 e. The highest BCUT2D eigenvalue weighted by molar-refractivity contribution is 7.98. The minimum absolute atomic E-state index is 0.0608. The lowest BCUT2D eigenvalue weighted by molar-refractivity contribution is 0.242. The second-order valence-corrected chi connectivity index (χ2v) is 5.92. The van der Waals surface area contributed by atoms with Gasteiger partial charge >= 0.3 is 0 Å². The lowest BCUT2D eigenvalue weighted by Crippen LogP contribution is -2.17. The number of ether oxygens (including phenoxy) is 1. The number of thioether (sulfide) groups is 1. The quantitative estimate of drug-likeness (QED) is 0.681. The van der Waals surface area contributed by atoms with Gasteiger partial charge in [0, 0.05) is 17.7 Å². The molecule has 0 aliphatic rings. The number of nitrogens with one attached hydrogen (secondary N) is 1. The zero-order valence-corrected chi connectivity index (χ0v) is 13.6. The van der Waals surface area contributed by atoms with Crippen LogP contribution >= 0.6 is 11.8 Å². The van der Waals surface area contributed by atoms with E-state index in [2.05, 4.69) is 9.97 Å². The third-order valence-corrected chi connectivity index (χ3v) is 3.65. The van der Waals surface area contributed by atoms with Crippen molar-refractivity contribution in [2.75, 3.05) is 6.26 Å². The van der Waals surface area contributed by atoms with E-state index in [1.165, 1.54) is 11.8 Å². The SMILES string of the molecule is CSc1nc(C)c(Cc2ccc(OC(C)C)cc2)c(=O)[nH]1. The lowest BCUT2D eigenvalue weighted by atomic mass is 10.1. The third-order valence-electron chi connectivity index (χ3n) is 3.07. The Morgan fingerprint density at radius 1 is 1.29 bits per heavy atom. The zero-order chi connectivity index (χ0) is 15.4. The van der Waals surface area contributed by atoms with E-state index in [4.69, 9.17) is 4.74 Å². The molecule has 1 aromatic carbocycles. The molecule has 0 radical (unpaired) electrons. The van der Waals surface area contributed by atoms with Crippen LogP contribution in [0.15, 0.2) is 34.2 Å². The predicted octanol–water partition coefficient (Wildman–Crippen LogP) is 3.18. The fourth-order valence-corrected chi connectivity index (χ4v) is 2.47. The van der Waals surface area contributed by atoms with E-state index in [1.807, 2.05) is 51.3 Å². The number of aryl methyl sites for hydroxylation is 1. The molecule has 5 heteroatoms. The van der Waals surface area contributed by atoms with Gasteiger partial charge in [-0.25, -0.2) is 4.98 Å². The van der Waals surface area contributed by atoms with E-state index in [9.17, 15) is 4.79 Å².